The fourth-order valence-corrected chi connectivity index (χ4v) is 4.55. The first kappa shape index (κ1) is 16.5. The lowest BCUT2D eigenvalue weighted by Crippen LogP contribution is -2.03. The van der Waals surface area contributed by atoms with E-state index in [0.29, 0.717) is 20.4 Å². The molecule has 0 radical (unpaired) electrons. The SMILES string of the molecule is N#Cc1cccc(C#N)c1Sc1nnc(NCCc2cccs2)s1. The van der Waals surface area contributed by atoms with Gasteiger partial charge in [0.05, 0.1) is 16.0 Å². The molecule has 0 spiro atoms. The van der Waals surface area contributed by atoms with E-state index in [2.05, 4.69) is 39.1 Å². The van der Waals surface area contributed by atoms with E-state index in [1.54, 1.807) is 29.5 Å². The van der Waals surface area contributed by atoms with E-state index in [1.165, 1.54) is 28.0 Å². The molecule has 0 aliphatic heterocycles. The van der Waals surface area contributed by atoms with Crippen molar-refractivity contribution >= 4 is 39.6 Å². The van der Waals surface area contributed by atoms with E-state index in [1.807, 2.05) is 6.07 Å². The molecule has 0 amide bonds. The van der Waals surface area contributed by atoms with Gasteiger partial charge in [0, 0.05) is 11.4 Å². The second-order valence-corrected chi connectivity index (χ2v) is 7.90. The van der Waals surface area contributed by atoms with Gasteiger partial charge in [-0.15, -0.1) is 21.5 Å². The van der Waals surface area contributed by atoms with Crippen LogP contribution < -0.4 is 5.32 Å². The van der Waals surface area contributed by atoms with E-state index < -0.39 is 0 Å². The van der Waals surface area contributed by atoms with Gasteiger partial charge in [0.15, 0.2) is 4.34 Å². The Morgan fingerprint density at radius 3 is 2.54 bits per heavy atom. The van der Waals surface area contributed by atoms with Crippen LogP contribution in [0.3, 0.4) is 0 Å². The Bertz CT molecular complexity index is 870. The van der Waals surface area contributed by atoms with E-state index in [0.717, 1.165) is 18.1 Å². The Balaban J connectivity index is 1.66. The molecule has 5 nitrogen and oxygen atoms in total. The number of anilines is 1. The molecule has 0 saturated heterocycles. The van der Waals surface area contributed by atoms with Crippen LogP contribution in [0.4, 0.5) is 5.13 Å². The second-order valence-electron chi connectivity index (χ2n) is 4.64. The Hall–Kier alpha value is -2.39. The van der Waals surface area contributed by atoms with Gasteiger partial charge in [-0.2, -0.15) is 10.5 Å². The van der Waals surface area contributed by atoms with Gasteiger partial charge in [0.2, 0.25) is 5.13 Å². The van der Waals surface area contributed by atoms with Crippen molar-refractivity contribution in [2.75, 3.05) is 11.9 Å². The zero-order chi connectivity index (χ0) is 16.8. The normalized spacial score (nSPS) is 10.1. The molecule has 118 valence electrons. The highest BCUT2D eigenvalue weighted by Gasteiger charge is 2.13. The summed E-state index contributed by atoms with van der Waals surface area (Å²) in [6.07, 6.45) is 0.940. The molecule has 0 fully saturated rings. The monoisotopic (exact) mass is 369 g/mol. The van der Waals surface area contributed by atoms with Gasteiger partial charge in [-0.25, -0.2) is 0 Å². The lowest BCUT2D eigenvalue weighted by atomic mass is 10.1. The van der Waals surface area contributed by atoms with Gasteiger partial charge >= 0.3 is 0 Å². The maximum absolute atomic E-state index is 9.21. The fraction of sp³-hybridized carbons (Fsp3) is 0.125. The number of hydrogen-bond donors (Lipinski definition) is 1. The van der Waals surface area contributed by atoms with Crippen LogP contribution >= 0.6 is 34.4 Å². The minimum absolute atomic E-state index is 0.474. The number of nitrogens with one attached hydrogen (secondary N) is 1. The van der Waals surface area contributed by atoms with Crippen LogP contribution in [-0.2, 0) is 6.42 Å². The average molecular weight is 370 g/mol. The second kappa shape index (κ2) is 7.93. The summed E-state index contributed by atoms with van der Waals surface area (Å²) in [6.45, 7) is 0.790. The Morgan fingerprint density at radius 1 is 1.08 bits per heavy atom. The molecule has 8 heteroatoms. The molecule has 24 heavy (non-hydrogen) atoms. The van der Waals surface area contributed by atoms with Crippen LogP contribution in [0, 0.1) is 22.7 Å². The van der Waals surface area contributed by atoms with Gasteiger partial charge in [0.25, 0.3) is 0 Å². The number of nitrogens with zero attached hydrogens (tertiary/aromatic N) is 4. The third-order valence-electron chi connectivity index (χ3n) is 3.08. The van der Waals surface area contributed by atoms with Crippen molar-refractivity contribution in [3.05, 3.63) is 51.7 Å². The van der Waals surface area contributed by atoms with Crippen molar-refractivity contribution in [1.82, 2.24) is 10.2 Å². The first-order valence-electron chi connectivity index (χ1n) is 7.01. The molecule has 0 atom stereocenters. The van der Waals surface area contributed by atoms with Gasteiger partial charge in [-0.1, -0.05) is 35.2 Å². The summed E-state index contributed by atoms with van der Waals surface area (Å²) >= 11 is 4.46. The van der Waals surface area contributed by atoms with Gasteiger partial charge < -0.3 is 5.32 Å². The van der Waals surface area contributed by atoms with Crippen LogP contribution in [0.15, 0.2) is 44.9 Å². The summed E-state index contributed by atoms with van der Waals surface area (Å²) < 4.78 is 0.702. The maximum Gasteiger partial charge on any atom is 0.206 e. The quantitative estimate of drug-likeness (QED) is 0.702. The van der Waals surface area contributed by atoms with Gasteiger partial charge in [0.1, 0.15) is 12.1 Å². The molecule has 0 unspecified atom stereocenters. The largest absolute Gasteiger partial charge is 0.360 e. The summed E-state index contributed by atoms with van der Waals surface area (Å²) in [5.74, 6) is 0. The van der Waals surface area contributed by atoms with Crippen LogP contribution in [0.25, 0.3) is 0 Å². The van der Waals surface area contributed by atoms with Crippen molar-refractivity contribution in [1.29, 1.82) is 10.5 Å². The first-order chi connectivity index (χ1) is 11.8. The van der Waals surface area contributed by atoms with E-state index >= 15 is 0 Å². The molecule has 1 N–H and O–H groups in total. The predicted molar refractivity (Wildman–Crippen MR) is 96.4 cm³/mol. The van der Waals surface area contributed by atoms with Crippen molar-refractivity contribution in [3.63, 3.8) is 0 Å². The number of hydrogen-bond acceptors (Lipinski definition) is 8. The number of benzene rings is 1. The molecule has 2 heterocycles. The molecule has 2 aromatic heterocycles. The molecule has 0 aliphatic carbocycles. The smallest absolute Gasteiger partial charge is 0.206 e. The summed E-state index contributed by atoms with van der Waals surface area (Å²) in [6, 6.07) is 13.5. The van der Waals surface area contributed by atoms with Crippen molar-refractivity contribution < 1.29 is 0 Å². The third-order valence-corrected chi connectivity index (χ3v) is 6.09. The van der Waals surface area contributed by atoms with Crippen molar-refractivity contribution in [3.8, 4) is 12.1 Å². The van der Waals surface area contributed by atoms with Gasteiger partial charge in [-0.3, -0.25) is 0 Å². The number of thiophene rings is 1. The number of nitriles is 2. The van der Waals surface area contributed by atoms with E-state index in [4.69, 9.17) is 0 Å². The number of aromatic nitrogens is 2. The first-order valence-corrected chi connectivity index (χ1v) is 9.52. The Morgan fingerprint density at radius 2 is 1.88 bits per heavy atom. The highest BCUT2D eigenvalue weighted by molar-refractivity contribution is 8.01. The molecule has 3 aromatic rings. The fourth-order valence-electron chi connectivity index (χ4n) is 1.98. The van der Waals surface area contributed by atoms with Crippen LogP contribution in [0.5, 0.6) is 0 Å². The highest BCUT2D eigenvalue weighted by Crippen LogP contribution is 2.35. The van der Waals surface area contributed by atoms with Crippen molar-refractivity contribution in [2.45, 2.75) is 15.7 Å². The third kappa shape index (κ3) is 3.92. The molecule has 0 aliphatic rings. The Kier molecular flexibility index (Phi) is 5.44. The van der Waals surface area contributed by atoms with Gasteiger partial charge in [-0.05, 0) is 30.0 Å². The zero-order valence-electron chi connectivity index (χ0n) is 12.4. The van der Waals surface area contributed by atoms with Crippen LogP contribution in [0.1, 0.15) is 16.0 Å². The van der Waals surface area contributed by atoms with E-state index in [-0.39, 0.29) is 0 Å². The minimum atomic E-state index is 0.474. The zero-order valence-corrected chi connectivity index (χ0v) is 14.8. The van der Waals surface area contributed by atoms with Crippen LogP contribution in [-0.4, -0.2) is 16.7 Å². The lowest BCUT2D eigenvalue weighted by Gasteiger charge is -2.02. The molecular formula is C16H11N5S3. The van der Waals surface area contributed by atoms with Crippen molar-refractivity contribution in [2.24, 2.45) is 0 Å². The topological polar surface area (TPSA) is 85.4 Å². The standard InChI is InChI=1S/C16H11N5S3/c17-9-11-3-1-4-12(10-18)14(11)23-16-21-20-15(24-16)19-7-6-13-5-2-8-22-13/h1-5,8H,6-7H2,(H,19,20). The predicted octanol–water partition coefficient (Wildman–Crippen LogP) is 4.15. The molecule has 1 aromatic carbocycles. The summed E-state index contributed by atoms with van der Waals surface area (Å²) in [4.78, 5) is 1.95. The molecule has 0 saturated carbocycles. The minimum Gasteiger partial charge on any atom is -0.360 e. The Labute approximate surface area is 151 Å². The average Bonchev–Trinajstić information content (AvgIpc) is 3.27. The molecule has 0 bridgehead atoms. The number of rotatable bonds is 6. The van der Waals surface area contributed by atoms with E-state index in [9.17, 15) is 10.5 Å². The lowest BCUT2D eigenvalue weighted by molar-refractivity contribution is 0.980. The maximum atomic E-state index is 9.21. The summed E-state index contributed by atoms with van der Waals surface area (Å²) in [5.41, 5.74) is 0.947. The highest BCUT2D eigenvalue weighted by atomic mass is 32.2. The van der Waals surface area contributed by atoms with Crippen LogP contribution in [0.2, 0.25) is 0 Å². The molecular weight excluding hydrogens is 358 g/mol. The summed E-state index contributed by atoms with van der Waals surface area (Å²) in [7, 11) is 0. The summed E-state index contributed by atoms with van der Waals surface area (Å²) in [5, 5.41) is 32.7. The molecule has 3 rings (SSSR count).